The van der Waals surface area contributed by atoms with E-state index in [0.29, 0.717) is 12.8 Å². The van der Waals surface area contributed by atoms with Crippen LogP contribution in [0.3, 0.4) is 0 Å². The number of amides is 1. The summed E-state index contributed by atoms with van der Waals surface area (Å²) < 4.78 is 22.7. The molecular weight excluding hydrogens is 943 g/mol. The van der Waals surface area contributed by atoms with Crippen LogP contribution in [0.1, 0.15) is 232 Å². The van der Waals surface area contributed by atoms with E-state index in [-0.39, 0.29) is 12.5 Å². The molecule has 0 radical (unpaired) electrons. The molecule has 9 N–H and O–H groups in total. The molecule has 12 unspecified atom stereocenters. The molecule has 0 saturated carbocycles. The van der Waals surface area contributed by atoms with Crippen molar-refractivity contribution < 1.29 is 64.6 Å². The highest BCUT2D eigenvalue weighted by Gasteiger charge is 2.51. The van der Waals surface area contributed by atoms with Gasteiger partial charge in [0.1, 0.15) is 48.8 Å². The Kier molecular flexibility index (Phi) is 42.2. The Labute approximate surface area is 448 Å². The molecule has 2 aliphatic heterocycles. The average Bonchev–Trinajstić information content (AvgIpc) is 3.40. The zero-order valence-corrected chi connectivity index (χ0v) is 46.3. The fourth-order valence-corrected chi connectivity index (χ4v) is 9.76. The molecule has 14 heteroatoms. The summed E-state index contributed by atoms with van der Waals surface area (Å²) in [6.45, 7) is 2.69. The smallest absolute Gasteiger partial charge is 0.220 e. The van der Waals surface area contributed by atoms with Crippen LogP contribution in [-0.2, 0) is 23.7 Å². The lowest BCUT2D eigenvalue weighted by Gasteiger charge is -2.46. The molecule has 74 heavy (non-hydrogen) atoms. The third-order valence-corrected chi connectivity index (χ3v) is 14.6. The first-order chi connectivity index (χ1) is 36.1. The van der Waals surface area contributed by atoms with E-state index >= 15 is 0 Å². The molecule has 2 heterocycles. The molecule has 1 amide bonds. The predicted octanol–water partition coefficient (Wildman–Crippen LogP) is 10.0. The number of carbonyl (C=O) groups is 1. The number of carbonyl (C=O) groups excluding carboxylic acids is 1. The van der Waals surface area contributed by atoms with Crippen LogP contribution in [0.5, 0.6) is 0 Å². The Morgan fingerprint density at radius 2 is 0.932 bits per heavy atom. The lowest BCUT2D eigenvalue weighted by molar-refractivity contribution is -0.359. The van der Waals surface area contributed by atoms with Crippen molar-refractivity contribution in [1.82, 2.24) is 5.32 Å². The first kappa shape index (κ1) is 68.1. The molecule has 0 spiro atoms. The SMILES string of the molecule is CC/C=C\C/C=C\C/C=C\C/C=C\CCCCCCCCCCCCCCCCCCCCCCC(=O)NC(COC1OC(CO)C(OC2OC(CO)C(O)C(O)C2O)C(O)C1O)C(O)CCCCCCCCC. The van der Waals surface area contributed by atoms with Gasteiger partial charge in [0.2, 0.25) is 5.91 Å². The Morgan fingerprint density at radius 3 is 1.43 bits per heavy atom. The van der Waals surface area contributed by atoms with Crippen LogP contribution in [0.25, 0.3) is 0 Å². The summed E-state index contributed by atoms with van der Waals surface area (Å²) in [6, 6.07) is -0.824. The third kappa shape index (κ3) is 31.4. The second-order valence-corrected chi connectivity index (χ2v) is 21.1. The molecule has 14 nitrogen and oxygen atoms in total. The fourth-order valence-electron chi connectivity index (χ4n) is 9.76. The minimum Gasteiger partial charge on any atom is -0.394 e. The van der Waals surface area contributed by atoms with E-state index in [1.54, 1.807) is 0 Å². The number of aliphatic hydroxyl groups is 8. The van der Waals surface area contributed by atoms with Gasteiger partial charge in [-0.05, 0) is 51.4 Å². The first-order valence-electron chi connectivity index (χ1n) is 29.9. The molecule has 0 aliphatic carbocycles. The van der Waals surface area contributed by atoms with E-state index in [0.717, 1.165) is 77.0 Å². The third-order valence-electron chi connectivity index (χ3n) is 14.6. The number of aliphatic hydroxyl groups excluding tert-OH is 8. The van der Waals surface area contributed by atoms with Gasteiger partial charge in [-0.25, -0.2) is 0 Å². The number of nitrogens with one attached hydrogen (secondary N) is 1. The molecule has 0 aromatic heterocycles. The highest BCUT2D eigenvalue weighted by atomic mass is 16.7. The standard InChI is InChI=1S/C60H109NO13/c1-3-5-7-9-11-12-13-14-15-16-17-18-19-20-21-22-23-24-25-26-27-28-29-30-31-32-33-34-35-36-38-40-42-44-52(65)61-48(49(64)43-41-39-37-10-8-6-4-2)47-71-59-57(70)55(68)58(51(46-63)73-59)74-60-56(69)54(67)53(66)50(45-62)72-60/h5,7,11-12,14-15,17-18,48-51,53-60,62-64,66-70H,3-4,6,8-10,13,16,19-47H2,1-2H3,(H,61,65)/b7-5-,12-11-,15-14-,18-17-. The normalized spacial score (nSPS) is 25.5. The number of allylic oxidation sites excluding steroid dienone is 8. The van der Waals surface area contributed by atoms with Gasteiger partial charge in [-0.15, -0.1) is 0 Å². The molecule has 0 bridgehead atoms. The number of hydrogen-bond donors (Lipinski definition) is 9. The van der Waals surface area contributed by atoms with Gasteiger partial charge in [0.25, 0.3) is 0 Å². The highest BCUT2D eigenvalue weighted by Crippen LogP contribution is 2.30. The lowest BCUT2D eigenvalue weighted by Crippen LogP contribution is -2.65. The Bertz CT molecular complexity index is 1430. The number of unbranched alkanes of at least 4 members (excludes halogenated alkanes) is 26. The van der Waals surface area contributed by atoms with Crippen LogP contribution in [0, 0.1) is 0 Å². The Hall–Kier alpha value is -2.05. The summed E-state index contributed by atoms with van der Waals surface area (Å²) in [5, 5.41) is 86.8. The van der Waals surface area contributed by atoms with Crippen molar-refractivity contribution >= 4 is 5.91 Å². The number of ether oxygens (including phenoxy) is 4. The average molecular weight is 1050 g/mol. The van der Waals surface area contributed by atoms with E-state index in [1.165, 1.54) is 128 Å². The van der Waals surface area contributed by atoms with Crippen LogP contribution in [0.15, 0.2) is 48.6 Å². The van der Waals surface area contributed by atoms with Crippen LogP contribution in [0.2, 0.25) is 0 Å². The van der Waals surface area contributed by atoms with Crippen LogP contribution < -0.4 is 5.32 Å². The molecule has 0 aromatic carbocycles. The topological polar surface area (TPSA) is 228 Å². The minimum atomic E-state index is -1.78. The molecule has 0 aromatic rings. The van der Waals surface area contributed by atoms with Gasteiger partial charge < -0.3 is 65.1 Å². The van der Waals surface area contributed by atoms with Crippen LogP contribution in [-0.4, -0.2) is 140 Å². The van der Waals surface area contributed by atoms with E-state index in [4.69, 9.17) is 18.9 Å². The largest absolute Gasteiger partial charge is 0.394 e. The van der Waals surface area contributed by atoms with E-state index in [9.17, 15) is 45.6 Å². The van der Waals surface area contributed by atoms with Crippen molar-refractivity contribution in [3.05, 3.63) is 48.6 Å². The maximum absolute atomic E-state index is 13.2. The van der Waals surface area contributed by atoms with Gasteiger partial charge in [-0.3, -0.25) is 4.79 Å². The summed E-state index contributed by atoms with van der Waals surface area (Å²) in [6.07, 6.45) is 40.3. The predicted molar refractivity (Wildman–Crippen MR) is 295 cm³/mol. The van der Waals surface area contributed by atoms with E-state index < -0.39 is 86.8 Å². The van der Waals surface area contributed by atoms with E-state index in [2.05, 4.69) is 67.8 Å². The summed E-state index contributed by atoms with van der Waals surface area (Å²) in [5.74, 6) is -0.209. The molecule has 2 fully saturated rings. The zero-order valence-electron chi connectivity index (χ0n) is 46.3. The molecular formula is C60H109NO13. The lowest BCUT2D eigenvalue weighted by atomic mass is 9.97. The Morgan fingerprint density at radius 1 is 0.500 bits per heavy atom. The van der Waals surface area contributed by atoms with Gasteiger partial charge in [0.05, 0.1) is 32.0 Å². The number of rotatable bonds is 47. The zero-order chi connectivity index (χ0) is 53.9. The quantitative estimate of drug-likeness (QED) is 0.0205. The maximum atomic E-state index is 13.2. The van der Waals surface area contributed by atoms with Crippen molar-refractivity contribution in [2.75, 3.05) is 19.8 Å². The summed E-state index contributed by atoms with van der Waals surface area (Å²) in [4.78, 5) is 13.2. The molecule has 2 rings (SSSR count). The second kappa shape index (κ2) is 45.9. The van der Waals surface area contributed by atoms with Crippen LogP contribution >= 0.6 is 0 Å². The monoisotopic (exact) mass is 1050 g/mol. The van der Waals surface area contributed by atoms with Crippen molar-refractivity contribution in [1.29, 1.82) is 0 Å². The van der Waals surface area contributed by atoms with Gasteiger partial charge in [0, 0.05) is 6.42 Å². The van der Waals surface area contributed by atoms with Gasteiger partial charge in [-0.2, -0.15) is 0 Å². The fraction of sp³-hybridized carbons (Fsp3) is 0.850. The number of hydrogen-bond acceptors (Lipinski definition) is 13. The van der Waals surface area contributed by atoms with E-state index in [1.807, 2.05) is 0 Å². The Balaban J connectivity index is 1.56. The summed E-state index contributed by atoms with van der Waals surface area (Å²) in [7, 11) is 0. The van der Waals surface area contributed by atoms with Gasteiger partial charge >= 0.3 is 0 Å². The van der Waals surface area contributed by atoms with Crippen molar-refractivity contribution in [2.24, 2.45) is 0 Å². The van der Waals surface area contributed by atoms with Crippen molar-refractivity contribution in [3.8, 4) is 0 Å². The second-order valence-electron chi connectivity index (χ2n) is 21.1. The summed E-state index contributed by atoms with van der Waals surface area (Å²) in [5.41, 5.74) is 0. The maximum Gasteiger partial charge on any atom is 0.220 e. The van der Waals surface area contributed by atoms with Gasteiger partial charge in [0.15, 0.2) is 12.6 Å². The molecule has 12 atom stereocenters. The highest BCUT2D eigenvalue weighted by molar-refractivity contribution is 5.76. The molecule has 2 aliphatic rings. The first-order valence-corrected chi connectivity index (χ1v) is 29.9. The van der Waals surface area contributed by atoms with Crippen molar-refractivity contribution in [3.63, 3.8) is 0 Å². The van der Waals surface area contributed by atoms with Gasteiger partial charge in [-0.1, -0.05) is 223 Å². The summed E-state index contributed by atoms with van der Waals surface area (Å²) >= 11 is 0. The molecule has 432 valence electrons. The minimum absolute atomic E-state index is 0.209. The molecule has 2 saturated heterocycles. The van der Waals surface area contributed by atoms with Crippen molar-refractivity contribution in [2.45, 2.75) is 306 Å². The van der Waals surface area contributed by atoms with Crippen LogP contribution in [0.4, 0.5) is 0 Å².